The Hall–Kier alpha value is -1.52. The molecule has 21 heavy (non-hydrogen) atoms. The van der Waals surface area contributed by atoms with Crippen LogP contribution in [0.15, 0.2) is 46.9 Å². The van der Waals surface area contributed by atoms with Crippen molar-refractivity contribution in [1.29, 1.82) is 0 Å². The Balaban J connectivity index is 2.22. The lowest BCUT2D eigenvalue weighted by atomic mass is 10.1. The van der Waals surface area contributed by atoms with E-state index < -0.39 is 0 Å². The summed E-state index contributed by atoms with van der Waals surface area (Å²) in [4.78, 5) is 2.19. The molecular formula is C17H21BrN2O. The average Bonchev–Trinajstić information content (AvgIpc) is 2.47. The van der Waals surface area contributed by atoms with Crippen LogP contribution in [-0.4, -0.2) is 14.2 Å². The Morgan fingerprint density at radius 3 is 2.57 bits per heavy atom. The van der Waals surface area contributed by atoms with Gasteiger partial charge in [-0.15, -0.1) is 0 Å². The molecule has 0 spiro atoms. The molecule has 112 valence electrons. The fourth-order valence-corrected chi connectivity index (χ4v) is 2.99. The number of halogens is 1. The number of methoxy groups -OCH3 is 1. The number of anilines is 1. The lowest BCUT2D eigenvalue weighted by Crippen LogP contribution is -2.17. The summed E-state index contributed by atoms with van der Waals surface area (Å²) in [6.45, 7) is 2.76. The minimum absolute atomic E-state index is 0.0369. The Bertz CT molecular complexity index is 613. The molecule has 2 N–H and O–H groups in total. The Kier molecular flexibility index (Phi) is 5.26. The number of para-hydroxylation sites is 1. The van der Waals surface area contributed by atoms with Crippen LogP contribution in [0.1, 0.15) is 24.1 Å². The fourth-order valence-electron chi connectivity index (χ4n) is 2.29. The standard InChI is InChI=1S/C17H21BrN2O/c1-12(19)13-8-9-16(15(18)10-13)20(2)11-14-6-4-5-7-17(14)21-3/h4-10,12H,11,19H2,1-3H3. The van der Waals surface area contributed by atoms with Crippen LogP contribution in [0.5, 0.6) is 5.75 Å². The summed E-state index contributed by atoms with van der Waals surface area (Å²) in [7, 11) is 3.77. The summed E-state index contributed by atoms with van der Waals surface area (Å²) in [5.74, 6) is 0.910. The van der Waals surface area contributed by atoms with Crippen LogP contribution >= 0.6 is 15.9 Å². The zero-order valence-electron chi connectivity index (χ0n) is 12.6. The molecule has 1 atom stereocenters. The molecule has 0 fully saturated rings. The molecule has 0 amide bonds. The minimum Gasteiger partial charge on any atom is -0.496 e. The molecule has 0 heterocycles. The SMILES string of the molecule is COc1ccccc1CN(C)c1ccc(C(C)N)cc1Br. The summed E-state index contributed by atoms with van der Waals surface area (Å²) < 4.78 is 6.46. The molecule has 3 nitrogen and oxygen atoms in total. The molecule has 0 radical (unpaired) electrons. The highest BCUT2D eigenvalue weighted by Gasteiger charge is 2.11. The molecule has 0 aromatic heterocycles. The van der Waals surface area contributed by atoms with Gasteiger partial charge in [0, 0.05) is 29.7 Å². The summed E-state index contributed by atoms with van der Waals surface area (Å²) >= 11 is 3.64. The van der Waals surface area contributed by atoms with Crippen molar-refractivity contribution >= 4 is 21.6 Å². The van der Waals surface area contributed by atoms with E-state index in [9.17, 15) is 0 Å². The predicted molar refractivity (Wildman–Crippen MR) is 91.8 cm³/mol. The Labute approximate surface area is 134 Å². The van der Waals surface area contributed by atoms with E-state index in [-0.39, 0.29) is 6.04 Å². The van der Waals surface area contributed by atoms with Gasteiger partial charge in [-0.2, -0.15) is 0 Å². The number of benzene rings is 2. The monoisotopic (exact) mass is 348 g/mol. The lowest BCUT2D eigenvalue weighted by molar-refractivity contribution is 0.409. The summed E-state index contributed by atoms with van der Waals surface area (Å²) in [5, 5.41) is 0. The zero-order chi connectivity index (χ0) is 15.4. The first-order valence-electron chi connectivity index (χ1n) is 6.91. The molecule has 0 saturated heterocycles. The first-order chi connectivity index (χ1) is 10.0. The van der Waals surface area contributed by atoms with Gasteiger partial charge in [0.2, 0.25) is 0 Å². The van der Waals surface area contributed by atoms with Gasteiger partial charge >= 0.3 is 0 Å². The van der Waals surface area contributed by atoms with Gasteiger partial charge in [-0.3, -0.25) is 0 Å². The maximum absolute atomic E-state index is 5.92. The predicted octanol–water partition coefficient (Wildman–Crippen LogP) is 4.11. The van der Waals surface area contributed by atoms with E-state index in [0.717, 1.165) is 33.6 Å². The number of hydrogen-bond acceptors (Lipinski definition) is 3. The molecule has 1 unspecified atom stereocenters. The molecule has 0 aliphatic heterocycles. The van der Waals surface area contributed by atoms with Crippen LogP contribution in [-0.2, 0) is 6.54 Å². The van der Waals surface area contributed by atoms with E-state index in [2.05, 4.69) is 52.1 Å². The van der Waals surface area contributed by atoms with Crippen molar-refractivity contribution in [2.45, 2.75) is 19.5 Å². The first kappa shape index (κ1) is 15.9. The topological polar surface area (TPSA) is 38.5 Å². The summed E-state index contributed by atoms with van der Waals surface area (Å²) in [6.07, 6.45) is 0. The minimum atomic E-state index is 0.0369. The largest absolute Gasteiger partial charge is 0.496 e. The number of nitrogens with two attached hydrogens (primary N) is 1. The van der Waals surface area contributed by atoms with Gasteiger partial charge in [-0.1, -0.05) is 24.3 Å². The zero-order valence-corrected chi connectivity index (χ0v) is 14.2. The molecule has 2 aromatic carbocycles. The number of nitrogens with zero attached hydrogens (tertiary/aromatic N) is 1. The van der Waals surface area contributed by atoms with Crippen LogP contribution in [0.3, 0.4) is 0 Å². The highest BCUT2D eigenvalue weighted by atomic mass is 79.9. The third-order valence-electron chi connectivity index (χ3n) is 3.51. The molecular weight excluding hydrogens is 328 g/mol. The van der Waals surface area contributed by atoms with Gasteiger partial charge in [0.1, 0.15) is 5.75 Å². The second-order valence-corrected chi connectivity index (χ2v) is 6.02. The van der Waals surface area contributed by atoms with Crippen molar-refractivity contribution in [2.75, 3.05) is 19.1 Å². The van der Waals surface area contributed by atoms with Crippen LogP contribution in [0.2, 0.25) is 0 Å². The molecule has 0 saturated carbocycles. The van der Waals surface area contributed by atoms with E-state index in [0.29, 0.717) is 0 Å². The maximum atomic E-state index is 5.92. The van der Waals surface area contributed by atoms with Gasteiger partial charge < -0.3 is 15.4 Å². The quantitative estimate of drug-likeness (QED) is 0.883. The highest BCUT2D eigenvalue weighted by Crippen LogP contribution is 2.30. The molecule has 0 bridgehead atoms. The van der Waals surface area contributed by atoms with E-state index in [1.54, 1.807) is 7.11 Å². The second-order valence-electron chi connectivity index (χ2n) is 5.17. The fraction of sp³-hybridized carbons (Fsp3) is 0.294. The van der Waals surface area contributed by atoms with Crippen LogP contribution in [0.4, 0.5) is 5.69 Å². The summed E-state index contributed by atoms with van der Waals surface area (Å²) in [5.41, 5.74) is 9.33. The van der Waals surface area contributed by atoms with E-state index in [1.807, 2.05) is 25.1 Å². The van der Waals surface area contributed by atoms with Gasteiger partial charge in [0.25, 0.3) is 0 Å². The molecule has 2 rings (SSSR count). The van der Waals surface area contributed by atoms with Crippen molar-refractivity contribution in [3.05, 3.63) is 58.1 Å². The lowest BCUT2D eigenvalue weighted by Gasteiger charge is -2.23. The van der Waals surface area contributed by atoms with Crippen LogP contribution < -0.4 is 15.4 Å². The van der Waals surface area contributed by atoms with Crippen molar-refractivity contribution in [2.24, 2.45) is 5.73 Å². The molecule has 0 aliphatic carbocycles. The number of rotatable bonds is 5. The van der Waals surface area contributed by atoms with Gasteiger partial charge in [0.15, 0.2) is 0 Å². The third kappa shape index (κ3) is 3.77. The third-order valence-corrected chi connectivity index (χ3v) is 4.14. The van der Waals surface area contributed by atoms with Crippen molar-refractivity contribution in [3.8, 4) is 5.75 Å². The maximum Gasteiger partial charge on any atom is 0.123 e. The smallest absolute Gasteiger partial charge is 0.123 e. The van der Waals surface area contributed by atoms with Crippen molar-refractivity contribution < 1.29 is 4.74 Å². The van der Waals surface area contributed by atoms with E-state index in [1.165, 1.54) is 0 Å². The Morgan fingerprint density at radius 2 is 1.95 bits per heavy atom. The Morgan fingerprint density at radius 1 is 1.24 bits per heavy atom. The number of hydrogen-bond donors (Lipinski definition) is 1. The van der Waals surface area contributed by atoms with E-state index in [4.69, 9.17) is 10.5 Å². The van der Waals surface area contributed by atoms with Crippen LogP contribution in [0, 0.1) is 0 Å². The van der Waals surface area contributed by atoms with Crippen LogP contribution in [0.25, 0.3) is 0 Å². The average molecular weight is 349 g/mol. The van der Waals surface area contributed by atoms with Gasteiger partial charge in [-0.25, -0.2) is 0 Å². The van der Waals surface area contributed by atoms with Gasteiger partial charge in [0.05, 0.1) is 12.8 Å². The first-order valence-corrected chi connectivity index (χ1v) is 7.70. The normalized spacial score (nSPS) is 12.0. The summed E-state index contributed by atoms with van der Waals surface area (Å²) in [6, 6.07) is 14.4. The molecule has 2 aromatic rings. The second kappa shape index (κ2) is 6.96. The van der Waals surface area contributed by atoms with E-state index >= 15 is 0 Å². The highest BCUT2D eigenvalue weighted by molar-refractivity contribution is 9.10. The van der Waals surface area contributed by atoms with Crippen molar-refractivity contribution in [3.63, 3.8) is 0 Å². The van der Waals surface area contributed by atoms with Gasteiger partial charge in [-0.05, 0) is 46.6 Å². The number of ether oxygens (including phenoxy) is 1. The molecule has 4 heteroatoms. The molecule has 0 aliphatic rings. The van der Waals surface area contributed by atoms with Crippen molar-refractivity contribution in [1.82, 2.24) is 0 Å².